The van der Waals surface area contributed by atoms with Crippen LogP contribution < -0.4 is 10.1 Å². The zero-order chi connectivity index (χ0) is 14.8. The van der Waals surface area contributed by atoms with Gasteiger partial charge in [0.2, 0.25) is 0 Å². The largest absolute Gasteiger partial charge is 0.495 e. The van der Waals surface area contributed by atoms with E-state index >= 15 is 0 Å². The Morgan fingerprint density at radius 3 is 2.76 bits per heavy atom. The van der Waals surface area contributed by atoms with Crippen molar-refractivity contribution in [3.63, 3.8) is 0 Å². The van der Waals surface area contributed by atoms with E-state index in [-0.39, 0.29) is 0 Å². The Morgan fingerprint density at radius 2 is 1.95 bits per heavy atom. The molecule has 0 radical (unpaired) electrons. The SMILES string of the molecule is COc1cc(C)ccc1NCc1cn(C)c2ccccc12. The number of aryl methyl sites for hydroxylation is 2. The van der Waals surface area contributed by atoms with Crippen LogP contribution >= 0.6 is 0 Å². The molecule has 0 unspecified atom stereocenters. The van der Waals surface area contributed by atoms with Crippen LogP contribution in [0.15, 0.2) is 48.7 Å². The Kier molecular flexibility index (Phi) is 3.57. The van der Waals surface area contributed by atoms with Gasteiger partial charge in [-0.15, -0.1) is 0 Å². The molecule has 0 spiro atoms. The normalized spacial score (nSPS) is 10.8. The number of ether oxygens (including phenoxy) is 1. The fraction of sp³-hybridized carbons (Fsp3) is 0.222. The van der Waals surface area contributed by atoms with Gasteiger partial charge in [-0.05, 0) is 36.2 Å². The molecule has 1 N–H and O–H groups in total. The number of rotatable bonds is 4. The lowest BCUT2D eigenvalue weighted by atomic mass is 10.1. The van der Waals surface area contributed by atoms with Gasteiger partial charge in [-0.3, -0.25) is 0 Å². The highest BCUT2D eigenvalue weighted by atomic mass is 16.5. The second-order valence-electron chi connectivity index (χ2n) is 5.34. The Labute approximate surface area is 125 Å². The molecule has 108 valence electrons. The van der Waals surface area contributed by atoms with E-state index in [0.29, 0.717) is 0 Å². The van der Waals surface area contributed by atoms with E-state index in [1.807, 2.05) is 6.07 Å². The molecule has 0 aliphatic heterocycles. The van der Waals surface area contributed by atoms with E-state index in [4.69, 9.17) is 4.74 Å². The lowest BCUT2D eigenvalue weighted by Gasteiger charge is -2.11. The first-order chi connectivity index (χ1) is 10.2. The van der Waals surface area contributed by atoms with Crippen molar-refractivity contribution in [1.82, 2.24) is 4.57 Å². The number of fused-ring (bicyclic) bond motifs is 1. The maximum absolute atomic E-state index is 5.44. The van der Waals surface area contributed by atoms with Crippen molar-refractivity contribution in [2.45, 2.75) is 13.5 Å². The zero-order valence-corrected chi connectivity index (χ0v) is 12.7. The van der Waals surface area contributed by atoms with Crippen molar-refractivity contribution in [3.8, 4) is 5.75 Å². The first-order valence-corrected chi connectivity index (χ1v) is 7.10. The van der Waals surface area contributed by atoms with Gasteiger partial charge in [-0.2, -0.15) is 0 Å². The number of hydrogen-bond donors (Lipinski definition) is 1. The van der Waals surface area contributed by atoms with Crippen LogP contribution in [0.25, 0.3) is 10.9 Å². The van der Waals surface area contributed by atoms with E-state index in [0.717, 1.165) is 18.0 Å². The summed E-state index contributed by atoms with van der Waals surface area (Å²) in [7, 11) is 3.79. The van der Waals surface area contributed by atoms with Crippen LogP contribution in [-0.2, 0) is 13.6 Å². The molecule has 0 saturated carbocycles. The molecule has 3 nitrogen and oxygen atoms in total. The van der Waals surface area contributed by atoms with Crippen LogP contribution in [-0.4, -0.2) is 11.7 Å². The summed E-state index contributed by atoms with van der Waals surface area (Å²) in [6, 6.07) is 14.7. The molecule has 0 atom stereocenters. The van der Waals surface area contributed by atoms with Crippen LogP contribution in [0, 0.1) is 6.92 Å². The van der Waals surface area contributed by atoms with Crippen molar-refractivity contribution in [2.75, 3.05) is 12.4 Å². The summed E-state index contributed by atoms with van der Waals surface area (Å²) in [5.41, 5.74) is 4.76. The fourth-order valence-electron chi connectivity index (χ4n) is 2.70. The topological polar surface area (TPSA) is 26.2 Å². The van der Waals surface area contributed by atoms with Crippen molar-refractivity contribution in [3.05, 3.63) is 59.8 Å². The van der Waals surface area contributed by atoms with Gasteiger partial charge in [0.1, 0.15) is 5.75 Å². The summed E-state index contributed by atoms with van der Waals surface area (Å²) < 4.78 is 7.60. The van der Waals surface area contributed by atoms with Gasteiger partial charge >= 0.3 is 0 Å². The Bertz CT molecular complexity index is 774. The van der Waals surface area contributed by atoms with E-state index in [1.165, 1.54) is 22.0 Å². The third-order valence-electron chi connectivity index (χ3n) is 3.81. The fourth-order valence-corrected chi connectivity index (χ4v) is 2.70. The number of hydrogen-bond acceptors (Lipinski definition) is 2. The molecule has 3 rings (SSSR count). The summed E-state index contributed by atoms with van der Waals surface area (Å²) in [5.74, 6) is 0.884. The molecule has 3 aromatic rings. The summed E-state index contributed by atoms with van der Waals surface area (Å²) in [6.07, 6.45) is 2.18. The van der Waals surface area contributed by atoms with Crippen molar-refractivity contribution >= 4 is 16.6 Å². The number of para-hydroxylation sites is 1. The van der Waals surface area contributed by atoms with E-state index in [1.54, 1.807) is 7.11 Å². The smallest absolute Gasteiger partial charge is 0.142 e. The summed E-state index contributed by atoms with van der Waals surface area (Å²) in [5, 5.41) is 4.77. The van der Waals surface area contributed by atoms with Crippen LogP contribution in [0.3, 0.4) is 0 Å². The monoisotopic (exact) mass is 280 g/mol. The third kappa shape index (κ3) is 2.59. The molecule has 21 heavy (non-hydrogen) atoms. The molecular formula is C18H20N2O. The first kappa shape index (κ1) is 13.6. The minimum absolute atomic E-state index is 0.779. The van der Waals surface area contributed by atoms with Gasteiger partial charge in [0.15, 0.2) is 0 Å². The lowest BCUT2D eigenvalue weighted by Crippen LogP contribution is -2.01. The van der Waals surface area contributed by atoms with Crippen molar-refractivity contribution in [1.29, 1.82) is 0 Å². The quantitative estimate of drug-likeness (QED) is 0.778. The molecule has 0 aliphatic carbocycles. The van der Waals surface area contributed by atoms with Crippen LogP contribution in [0.2, 0.25) is 0 Å². The third-order valence-corrected chi connectivity index (χ3v) is 3.81. The Balaban J connectivity index is 1.87. The van der Waals surface area contributed by atoms with Gasteiger partial charge in [-0.25, -0.2) is 0 Å². The number of nitrogens with zero attached hydrogens (tertiary/aromatic N) is 1. The van der Waals surface area contributed by atoms with Crippen molar-refractivity contribution < 1.29 is 4.74 Å². The number of benzene rings is 2. The summed E-state index contributed by atoms with van der Waals surface area (Å²) in [4.78, 5) is 0. The van der Waals surface area contributed by atoms with Gasteiger partial charge in [-0.1, -0.05) is 24.3 Å². The minimum atomic E-state index is 0.779. The van der Waals surface area contributed by atoms with E-state index < -0.39 is 0 Å². The van der Waals surface area contributed by atoms with Crippen LogP contribution in [0.1, 0.15) is 11.1 Å². The number of aromatic nitrogens is 1. The summed E-state index contributed by atoms with van der Waals surface area (Å²) in [6.45, 7) is 2.85. The molecule has 0 aliphatic rings. The molecule has 1 heterocycles. The Hall–Kier alpha value is -2.42. The average Bonchev–Trinajstić information content (AvgIpc) is 2.83. The number of anilines is 1. The lowest BCUT2D eigenvalue weighted by molar-refractivity contribution is 0.416. The first-order valence-electron chi connectivity index (χ1n) is 7.10. The molecule has 0 bridgehead atoms. The number of nitrogens with one attached hydrogen (secondary N) is 1. The summed E-state index contributed by atoms with van der Waals surface area (Å²) >= 11 is 0. The van der Waals surface area contributed by atoms with Gasteiger partial charge < -0.3 is 14.6 Å². The van der Waals surface area contributed by atoms with Gasteiger partial charge in [0.05, 0.1) is 12.8 Å². The molecule has 0 amide bonds. The van der Waals surface area contributed by atoms with Crippen LogP contribution in [0.4, 0.5) is 5.69 Å². The predicted octanol–water partition coefficient (Wildman–Crippen LogP) is 4.11. The molecule has 0 saturated heterocycles. The van der Waals surface area contributed by atoms with Crippen molar-refractivity contribution in [2.24, 2.45) is 7.05 Å². The standard InChI is InChI=1S/C18H20N2O/c1-13-8-9-16(18(10-13)21-3)19-11-14-12-20(2)17-7-5-4-6-15(14)17/h4-10,12,19H,11H2,1-3H3. The highest BCUT2D eigenvalue weighted by Gasteiger charge is 2.07. The molecule has 3 heteroatoms. The van der Waals surface area contributed by atoms with Crippen LogP contribution in [0.5, 0.6) is 5.75 Å². The second-order valence-corrected chi connectivity index (χ2v) is 5.34. The highest BCUT2D eigenvalue weighted by molar-refractivity contribution is 5.84. The highest BCUT2D eigenvalue weighted by Crippen LogP contribution is 2.27. The minimum Gasteiger partial charge on any atom is -0.495 e. The second kappa shape index (κ2) is 5.52. The molecule has 0 fully saturated rings. The van der Waals surface area contributed by atoms with Gasteiger partial charge in [0.25, 0.3) is 0 Å². The Morgan fingerprint density at radius 1 is 1.14 bits per heavy atom. The zero-order valence-electron chi connectivity index (χ0n) is 12.7. The molecular weight excluding hydrogens is 260 g/mol. The average molecular weight is 280 g/mol. The predicted molar refractivity (Wildman–Crippen MR) is 88.0 cm³/mol. The molecule has 2 aromatic carbocycles. The number of methoxy groups -OCH3 is 1. The molecule has 1 aromatic heterocycles. The van der Waals surface area contributed by atoms with E-state index in [9.17, 15) is 0 Å². The van der Waals surface area contributed by atoms with Gasteiger partial charge in [0, 0.05) is 30.7 Å². The maximum atomic E-state index is 5.44. The maximum Gasteiger partial charge on any atom is 0.142 e. The van der Waals surface area contributed by atoms with E-state index in [2.05, 4.69) is 66.5 Å².